The summed E-state index contributed by atoms with van der Waals surface area (Å²) in [6.07, 6.45) is 1.98. The fourth-order valence-electron chi connectivity index (χ4n) is 3.17. The third-order valence-electron chi connectivity index (χ3n) is 4.47. The number of hydrogen-bond acceptors (Lipinski definition) is 3. The molecule has 3 aromatic carbocycles. The lowest BCUT2D eigenvalue weighted by atomic mass is 10.2. The van der Waals surface area contributed by atoms with Gasteiger partial charge in [-0.3, -0.25) is 0 Å². The zero-order valence-electron chi connectivity index (χ0n) is 15.2. The first-order valence-corrected chi connectivity index (χ1v) is 9.49. The van der Waals surface area contributed by atoms with E-state index in [1.807, 2.05) is 53.2 Å². The molecular formula is C22H18F2N2OS. The van der Waals surface area contributed by atoms with E-state index in [0.717, 1.165) is 26.8 Å². The van der Waals surface area contributed by atoms with Gasteiger partial charge in [0.1, 0.15) is 17.4 Å². The van der Waals surface area contributed by atoms with Crippen LogP contribution in [0.1, 0.15) is 5.56 Å². The Morgan fingerprint density at radius 1 is 0.964 bits per heavy atom. The molecule has 0 unspecified atom stereocenters. The van der Waals surface area contributed by atoms with Crippen molar-refractivity contribution in [2.75, 3.05) is 12.8 Å². The first-order valence-electron chi connectivity index (χ1n) is 8.67. The zero-order chi connectivity index (χ0) is 19.7. The predicted molar refractivity (Wildman–Crippen MR) is 109 cm³/mol. The Kier molecular flexibility index (Phi) is 4.96. The number of fused-ring (bicyclic) bond motifs is 1. The maximum Gasteiger partial charge on any atom is 0.126 e. The average molecular weight is 396 g/mol. The number of rotatable bonds is 5. The van der Waals surface area contributed by atoms with Gasteiger partial charge >= 0.3 is 0 Å². The fraction of sp³-hybridized carbons (Fsp3) is 0.0909. The van der Waals surface area contributed by atoms with Crippen LogP contribution in [-0.4, -0.2) is 11.7 Å². The summed E-state index contributed by atoms with van der Waals surface area (Å²) in [5.74, 6) is -0.459. The maximum absolute atomic E-state index is 13.6. The Morgan fingerprint density at radius 3 is 2.43 bits per heavy atom. The van der Waals surface area contributed by atoms with Gasteiger partial charge in [0.2, 0.25) is 0 Å². The highest BCUT2D eigenvalue weighted by atomic mass is 32.2. The van der Waals surface area contributed by atoms with Gasteiger partial charge in [0, 0.05) is 45.7 Å². The van der Waals surface area contributed by atoms with Gasteiger partial charge in [-0.2, -0.15) is 0 Å². The van der Waals surface area contributed by atoms with Crippen LogP contribution in [0.5, 0.6) is 5.75 Å². The number of nitrogen functional groups attached to an aromatic ring is 1. The lowest BCUT2D eigenvalue weighted by Crippen LogP contribution is -1.99. The van der Waals surface area contributed by atoms with E-state index >= 15 is 0 Å². The normalized spacial score (nSPS) is 11.1. The quantitative estimate of drug-likeness (QED) is 0.439. The van der Waals surface area contributed by atoms with Crippen molar-refractivity contribution in [3.63, 3.8) is 0 Å². The fourth-order valence-corrected chi connectivity index (χ4v) is 4.20. The molecule has 1 heterocycles. The summed E-state index contributed by atoms with van der Waals surface area (Å²) in [6, 6.07) is 17.0. The summed E-state index contributed by atoms with van der Waals surface area (Å²) >= 11 is 1.56. The monoisotopic (exact) mass is 396 g/mol. The van der Waals surface area contributed by atoms with Gasteiger partial charge in [-0.25, -0.2) is 8.78 Å². The molecule has 0 radical (unpaired) electrons. The van der Waals surface area contributed by atoms with E-state index in [9.17, 15) is 8.78 Å². The van der Waals surface area contributed by atoms with Crippen molar-refractivity contribution in [3.05, 3.63) is 84.1 Å². The molecule has 3 nitrogen and oxygen atoms in total. The van der Waals surface area contributed by atoms with Crippen molar-refractivity contribution in [2.45, 2.75) is 16.3 Å². The molecule has 0 spiro atoms. The van der Waals surface area contributed by atoms with E-state index in [2.05, 4.69) is 0 Å². The minimum atomic E-state index is -0.587. The molecule has 0 aliphatic rings. The Labute approximate surface area is 165 Å². The van der Waals surface area contributed by atoms with Crippen LogP contribution in [0.2, 0.25) is 0 Å². The molecule has 2 N–H and O–H groups in total. The van der Waals surface area contributed by atoms with Crippen LogP contribution in [0.4, 0.5) is 14.5 Å². The van der Waals surface area contributed by atoms with E-state index < -0.39 is 11.6 Å². The Bertz CT molecular complexity index is 1140. The number of benzene rings is 3. The molecule has 0 fully saturated rings. The van der Waals surface area contributed by atoms with E-state index in [-0.39, 0.29) is 0 Å². The molecular weight excluding hydrogens is 378 g/mol. The van der Waals surface area contributed by atoms with Crippen molar-refractivity contribution in [1.29, 1.82) is 0 Å². The molecule has 0 saturated heterocycles. The molecule has 0 amide bonds. The second kappa shape index (κ2) is 7.56. The largest absolute Gasteiger partial charge is 0.497 e. The van der Waals surface area contributed by atoms with Gasteiger partial charge < -0.3 is 15.0 Å². The smallest absolute Gasteiger partial charge is 0.126 e. The predicted octanol–water partition coefficient (Wildman–Crippen LogP) is 5.71. The van der Waals surface area contributed by atoms with Crippen LogP contribution in [0, 0.1) is 11.6 Å². The van der Waals surface area contributed by atoms with Gasteiger partial charge in [0.05, 0.1) is 12.6 Å². The number of para-hydroxylation sites is 1. The molecule has 0 atom stereocenters. The highest BCUT2D eigenvalue weighted by molar-refractivity contribution is 7.99. The van der Waals surface area contributed by atoms with Crippen LogP contribution >= 0.6 is 11.8 Å². The summed E-state index contributed by atoms with van der Waals surface area (Å²) < 4.78 is 34.5. The molecule has 6 heteroatoms. The number of nitrogens with zero attached hydrogens (tertiary/aromatic N) is 1. The molecule has 1 aromatic heterocycles. The molecule has 0 aliphatic heterocycles. The highest BCUT2D eigenvalue weighted by Crippen LogP contribution is 2.38. The number of halogens is 2. The maximum atomic E-state index is 13.6. The number of nitrogens with two attached hydrogens (primary N) is 1. The molecule has 0 saturated carbocycles. The Morgan fingerprint density at radius 2 is 1.71 bits per heavy atom. The highest BCUT2D eigenvalue weighted by Gasteiger charge is 2.13. The van der Waals surface area contributed by atoms with E-state index in [1.54, 1.807) is 18.9 Å². The molecule has 0 aliphatic carbocycles. The Balaban J connectivity index is 1.80. The van der Waals surface area contributed by atoms with E-state index in [1.165, 1.54) is 12.1 Å². The van der Waals surface area contributed by atoms with Crippen LogP contribution < -0.4 is 10.5 Å². The molecule has 28 heavy (non-hydrogen) atoms. The van der Waals surface area contributed by atoms with Crippen LogP contribution in [-0.2, 0) is 6.54 Å². The second-order valence-corrected chi connectivity index (χ2v) is 7.51. The summed E-state index contributed by atoms with van der Waals surface area (Å²) in [7, 11) is 1.61. The minimum absolute atomic E-state index is 0.336. The summed E-state index contributed by atoms with van der Waals surface area (Å²) in [5.41, 5.74) is 8.26. The average Bonchev–Trinajstić information content (AvgIpc) is 2.99. The van der Waals surface area contributed by atoms with Gasteiger partial charge in [-0.15, -0.1) is 0 Å². The van der Waals surface area contributed by atoms with Crippen molar-refractivity contribution in [3.8, 4) is 5.75 Å². The van der Waals surface area contributed by atoms with Crippen molar-refractivity contribution >= 4 is 28.4 Å². The summed E-state index contributed by atoms with van der Waals surface area (Å²) in [4.78, 5) is 1.96. The third-order valence-corrected chi connectivity index (χ3v) is 5.60. The van der Waals surface area contributed by atoms with Gasteiger partial charge in [0.25, 0.3) is 0 Å². The van der Waals surface area contributed by atoms with Crippen molar-refractivity contribution < 1.29 is 13.5 Å². The number of aromatic nitrogens is 1. The Hall–Kier alpha value is -2.99. The lowest BCUT2D eigenvalue weighted by molar-refractivity contribution is 0.415. The molecule has 4 rings (SSSR count). The zero-order valence-corrected chi connectivity index (χ0v) is 16.0. The molecule has 0 bridgehead atoms. The van der Waals surface area contributed by atoms with Gasteiger partial charge in [-0.05, 0) is 42.0 Å². The number of methoxy groups -OCH3 is 1. The number of hydrogen-bond donors (Lipinski definition) is 1. The SMILES string of the molecule is COc1ccc2c(Sc3ccccc3N)cn(Cc3cc(F)cc(F)c3)c2c1. The minimum Gasteiger partial charge on any atom is -0.497 e. The van der Waals surface area contributed by atoms with Crippen LogP contribution in [0.3, 0.4) is 0 Å². The number of anilines is 1. The first-order chi connectivity index (χ1) is 13.5. The third kappa shape index (κ3) is 3.68. The molecule has 142 valence electrons. The van der Waals surface area contributed by atoms with Crippen molar-refractivity contribution in [1.82, 2.24) is 4.57 Å². The van der Waals surface area contributed by atoms with E-state index in [0.29, 0.717) is 23.5 Å². The van der Waals surface area contributed by atoms with Crippen LogP contribution in [0.15, 0.2) is 76.7 Å². The van der Waals surface area contributed by atoms with Gasteiger partial charge in [-0.1, -0.05) is 23.9 Å². The second-order valence-electron chi connectivity index (χ2n) is 6.42. The summed E-state index contributed by atoms with van der Waals surface area (Å²) in [5, 5.41) is 1.02. The van der Waals surface area contributed by atoms with Crippen molar-refractivity contribution in [2.24, 2.45) is 0 Å². The summed E-state index contributed by atoms with van der Waals surface area (Å²) in [6.45, 7) is 0.336. The van der Waals surface area contributed by atoms with E-state index in [4.69, 9.17) is 10.5 Å². The van der Waals surface area contributed by atoms with Gasteiger partial charge in [0.15, 0.2) is 0 Å². The first kappa shape index (κ1) is 18.4. The number of ether oxygens (including phenoxy) is 1. The van der Waals surface area contributed by atoms with Crippen LogP contribution in [0.25, 0.3) is 10.9 Å². The molecule has 4 aromatic rings. The topological polar surface area (TPSA) is 40.2 Å². The lowest BCUT2D eigenvalue weighted by Gasteiger charge is -2.07. The standard InChI is InChI=1S/C22H18F2N2OS/c1-27-17-6-7-18-20(11-17)26(12-14-8-15(23)10-16(24)9-14)13-22(18)28-21-5-3-2-4-19(21)25/h2-11,13H,12,25H2,1H3.